The van der Waals surface area contributed by atoms with Crippen LogP contribution in [0.3, 0.4) is 0 Å². The molecule has 3 heterocycles. The van der Waals surface area contributed by atoms with Crippen LogP contribution in [0.1, 0.15) is 59.3 Å². The first-order chi connectivity index (χ1) is 22.8. The molecule has 0 amide bonds. The number of carbonyl (C=O) groups is 3. The minimum atomic E-state index is -4.52. The van der Waals surface area contributed by atoms with Crippen LogP contribution in [0.2, 0.25) is 0 Å². The summed E-state index contributed by atoms with van der Waals surface area (Å²) < 4.78 is 50.2. The predicted octanol–water partition coefficient (Wildman–Crippen LogP) is 4.27. The zero-order valence-corrected chi connectivity index (χ0v) is 28.3. The fraction of sp³-hybridized carbons (Fsp3) is 0.469. The number of aromatic nitrogens is 2. The lowest BCUT2D eigenvalue weighted by Gasteiger charge is -2.30. The molecule has 0 spiro atoms. The van der Waals surface area contributed by atoms with Gasteiger partial charge < -0.3 is 29.2 Å². The van der Waals surface area contributed by atoms with E-state index >= 15 is 0 Å². The highest BCUT2D eigenvalue weighted by molar-refractivity contribution is 7.52. The average molecular weight is 686 g/mol. The van der Waals surface area contributed by atoms with Gasteiger partial charge in [0.15, 0.2) is 12.2 Å². The quantitative estimate of drug-likeness (QED) is 0.130. The number of nitrogens with two attached hydrogens (primary N) is 1. The number of ether oxygens (including phenoxy) is 4. The summed E-state index contributed by atoms with van der Waals surface area (Å²) in [5.74, 6) is -2.00. The molecule has 2 aromatic heterocycles. The molecule has 0 bridgehead atoms. The minimum absolute atomic E-state index is 0.125. The molecule has 15 nitrogen and oxygen atoms in total. The van der Waals surface area contributed by atoms with Crippen LogP contribution in [0.25, 0.3) is 5.52 Å². The molecule has 4 rings (SSSR count). The predicted molar refractivity (Wildman–Crippen MR) is 171 cm³/mol. The van der Waals surface area contributed by atoms with Crippen molar-refractivity contribution in [3.63, 3.8) is 0 Å². The SMILES string of the molecule is CCC(CC)COC(=O)[C@H](C)N[P@](=O)(OC[C@@]1(C#N)O[C@@H](c2ccc3c(N)ccnn23)[C@H](OC(C)=O)[C@@H]1OC(C)=O)Oc1ccccc1. The zero-order valence-electron chi connectivity index (χ0n) is 27.4. The number of hydrogen-bond acceptors (Lipinski definition) is 13. The summed E-state index contributed by atoms with van der Waals surface area (Å²) in [6.07, 6.45) is -1.13. The van der Waals surface area contributed by atoms with Crippen molar-refractivity contribution in [1.29, 1.82) is 5.26 Å². The highest BCUT2D eigenvalue weighted by Gasteiger charge is 2.62. The van der Waals surface area contributed by atoms with Crippen LogP contribution >= 0.6 is 7.75 Å². The summed E-state index contributed by atoms with van der Waals surface area (Å²) >= 11 is 0. The van der Waals surface area contributed by atoms with E-state index in [-0.39, 0.29) is 18.3 Å². The second kappa shape index (κ2) is 15.6. The van der Waals surface area contributed by atoms with Crippen molar-refractivity contribution in [2.45, 2.75) is 77.4 Å². The van der Waals surface area contributed by atoms with E-state index in [0.29, 0.717) is 16.9 Å². The van der Waals surface area contributed by atoms with Crippen LogP contribution in [0.5, 0.6) is 5.75 Å². The molecule has 3 N–H and O–H groups in total. The fourth-order valence-corrected chi connectivity index (χ4v) is 6.73. The number of fused-ring (bicyclic) bond motifs is 1. The number of nitrogen functional groups attached to an aromatic ring is 1. The third-order valence-electron chi connectivity index (χ3n) is 7.83. The van der Waals surface area contributed by atoms with Gasteiger partial charge in [0.2, 0.25) is 5.60 Å². The Bertz CT molecular complexity index is 1690. The van der Waals surface area contributed by atoms with Gasteiger partial charge in [-0.1, -0.05) is 44.9 Å². The first-order valence-corrected chi connectivity index (χ1v) is 17.0. The molecule has 3 aromatic rings. The number of carbonyl (C=O) groups excluding carboxylic acids is 3. The van der Waals surface area contributed by atoms with Crippen LogP contribution in [0.4, 0.5) is 5.69 Å². The van der Waals surface area contributed by atoms with Crippen molar-refractivity contribution in [2.75, 3.05) is 18.9 Å². The maximum absolute atomic E-state index is 14.3. The Morgan fingerprint density at radius 2 is 1.79 bits per heavy atom. The fourth-order valence-electron chi connectivity index (χ4n) is 5.21. The molecule has 16 heteroatoms. The third kappa shape index (κ3) is 8.32. The molecular weight excluding hydrogens is 645 g/mol. The van der Waals surface area contributed by atoms with Gasteiger partial charge in [0, 0.05) is 20.0 Å². The van der Waals surface area contributed by atoms with Crippen molar-refractivity contribution >= 4 is 36.9 Å². The van der Waals surface area contributed by atoms with E-state index in [1.807, 2.05) is 19.9 Å². The van der Waals surface area contributed by atoms with Crippen molar-refractivity contribution in [3.05, 3.63) is 60.4 Å². The standard InChI is InChI=1S/C32H40N5O10P/c1-6-23(7-2)17-42-31(40)20(3)36-48(41,47-24-11-9-8-10-12-24)43-19-32(18-33)30(45-22(5)39)29(44-21(4)38)28(46-32)27-14-13-26-25(34)15-16-35-37(26)27/h8-16,20,23,28-30H,6-7,17,19,34H2,1-5H3,(H,36,41)/t20-,28-,29-,30-,32+,48-/m0/s1. The zero-order chi connectivity index (χ0) is 35.1. The van der Waals surface area contributed by atoms with Gasteiger partial charge in [0.1, 0.15) is 30.6 Å². The number of rotatable bonds is 15. The number of hydrogen-bond donors (Lipinski definition) is 2. The maximum Gasteiger partial charge on any atom is 0.459 e. The molecule has 258 valence electrons. The van der Waals surface area contributed by atoms with E-state index in [4.69, 9.17) is 33.7 Å². The molecule has 6 atom stereocenters. The van der Waals surface area contributed by atoms with E-state index in [1.54, 1.807) is 36.4 Å². The number of nitrogens with zero attached hydrogens (tertiary/aromatic N) is 3. The van der Waals surface area contributed by atoms with Crippen LogP contribution in [-0.2, 0) is 42.4 Å². The molecule has 48 heavy (non-hydrogen) atoms. The van der Waals surface area contributed by atoms with Crippen molar-refractivity contribution in [1.82, 2.24) is 14.7 Å². The number of nitriles is 1. The molecule has 1 aliphatic heterocycles. The normalized spacial score (nSPS) is 22.4. The lowest BCUT2D eigenvalue weighted by molar-refractivity contribution is -0.166. The maximum atomic E-state index is 14.3. The van der Waals surface area contributed by atoms with Crippen molar-refractivity contribution < 1.29 is 46.9 Å². The Morgan fingerprint density at radius 1 is 1.10 bits per heavy atom. The molecule has 1 aliphatic rings. The lowest BCUT2D eigenvalue weighted by Crippen LogP contribution is -2.49. The monoisotopic (exact) mass is 685 g/mol. The van der Waals surface area contributed by atoms with E-state index in [2.05, 4.69) is 10.2 Å². The average Bonchev–Trinajstić information content (AvgIpc) is 3.60. The smallest absolute Gasteiger partial charge is 0.459 e. The molecule has 0 saturated carbocycles. The summed E-state index contributed by atoms with van der Waals surface area (Å²) in [4.78, 5) is 37.6. The summed E-state index contributed by atoms with van der Waals surface area (Å²) in [5.41, 5.74) is 5.11. The third-order valence-corrected chi connectivity index (χ3v) is 9.45. The van der Waals surface area contributed by atoms with Gasteiger partial charge in [0.25, 0.3) is 0 Å². The Morgan fingerprint density at radius 3 is 2.42 bits per heavy atom. The Kier molecular flexibility index (Phi) is 11.8. The van der Waals surface area contributed by atoms with Gasteiger partial charge in [-0.15, -0.1) is 0 Å². The van der Waals surface area contributed by atoms with Gasteiger partial charge >= 0.3 is 25.7 Å². The molecule has 1 saturated heterocycles. The lowest BCUT2D eigenvalue weighted by atomic mass is 9.95. The van der Waals surface area contributed by atoms with E-state index in [9.17, 15) is 24.2 Å². The highest BCUT2D eigenvalue weighted by atomic mass is 31.2. The number of para-hydroxylation sites is 1. The Hall–Kier alpha value is -4.48. The number of nitrogens with one attached hydrogen (secondary N) is 1. The first-order valence-electron chi connectivity index (χ1n) is 15.4. The van der Waals surface area contributed by atoms with E-state index in [1.165, 1.54) is 29.8 Å². The highest BCUT2D eigenvalue weighted by Crippen LogP contribution is 2.50. The molecule has 0 unspecified atom stereocenters. The van der Waals surface area contributed by atoms with Crippen molar-refractivity contribution in [2.24, 2.45) is 5.92 Å². The molecular formula is C32H40N5O10P. The summed E-state index contributed by atoms with van der Waals surface area (Å²) in [5, 5.41) is 17.5. The topological polar surface area (TPSA) is 203 Å². The Labute approximate surface area is 278 Å². The minimum Gasteiger partial charge on any atom is -0.464 e. The van der Waals surface area contributed by atoms with Gasteiger partial charge in [-0.25, -0.2) is 9.08 Å². The van der Waals surface area contributed by atoms with E-state index in [0.717, 1.165) is 26.7 Å². The van der Waals surface area contributed by atoms with Crippen LogP contribution < -0.4 is 15.3 Å². The molecule has 0 aliphatic carbocycles. The summed E-state index contributed by atoms with van der Waals surface area (Å²) in [6, 6.07) is 13.7. The molecule has 1 aromatic carbocycles. The van der Waals surface area contributed by atoms with Crippen LogP contribution in [0, 0.1) is 17.2 Å². The van der Waals surface area contributed by atoms with Gasteiger partial charge in [0.05, 0.1) is 23.5 Å². The molecule has 1 fully saturated rings. The largest absolute Gasteiger partial charge is 0.464 e. The van der Waals surface area contributed by atoms with Gasteiger partial charge in [-0.2, -0.15) is 15.4 Å². The number of anilines is 1. The number of benzene rings is 1. The number of esters is 3. The van der Waals surface area contributed by atoms with Crippen molar-refractivity contribution in [3.8, 4) is 11.8 Å². The summed E-state index contributed by atoms with van der Waals surface area (Å²) in [7, 11) is -4.52. The van der Waals surface area contributed by atoms with Crippen LogP contribution in [-0.4, -0.2) is 64.6 Å². The Balaban J connectivity index is 1.69. The van der Waals surface area contributed by atoms with Gasteiger partial charge in [-0.3, -0.25) is 18.9 Å². The molecule has 0 radical (unpaired) electrons. The van der Waals surface area contributed by atoms with Gasteiger partial charge in [-0.05, 0) is 43.2 Å². The summed E-state index contributed by atoms with van der Waals surface area (Å²) in [6.45, 7) is 6.99. The first kappa shape index (κ1) is 36.4. The van der Waals surface area contributed by atoms with Crippen LogP contribution in [0.15, 0.2) is 54.7 Å². The second-order valence-electron chi connectivity index (χ2n) is 11.3. The van der Waals surface area contributed by atoms with E-state index < -0.39 is 62.2 Å². The second-order valence-corrected chi connectivity index (χ2v) is 13.0.